The molecular weight excluding hydrogens is 290 g/mol. The van der Waals surface area contributed by atoms with Crippen LogP contribution in [0.2, 0.25) is 0 Å². The van der Waals surface area contributed by atoms with Gasteiger partial charge in [-0.3, -0.25) is 4.79 Å². The summed E-state index contributed by atoms with van der Waals surface area (Å²) in [5, 5.41) is 6.02. The number of rotatable bonds is 4. The zero-order valence-electron chi connectivity index (χ0n) is 12.3. The molecule has 3 N–H and O–H groups in total. The van der Waals surface area contributed by atoms with Crippen LogP contribution in [0.4, 0.5) is 5.69 Å². The Kier molecular flexibility index (Phi) is 4.65. The van der Waals surface area contributed by atoms with E-state index >= 15 is 0 Å². The zero-order valence-corrected chi connectivity index (χ0v) is 13.1. The molecule has 0 bridgehead atoms. The molecule has 116 valence electrons. The minimum atomic E-state index is -3.51. The normalized spacial score (nSPS) is 22.8. The first-order valence-electron chi connectivity index (χ1n) is 6.97. The van der Waals surface area contributed by atoms with E-state index in [9.17, 15) is 13.2 Å². The molecule has 2 rings (SSSR count). The van der Waals surface area contributed by atoms with Gasteiger partial charge < -0.3 is 10.6 Å². The lowest BCUT2D eigenvalue weighted by atomic mass is 9.90. The summed E-state index contributed by atoms with van der Waals surface area (Å²) < 4.78 is 25.8. The van der Waals surface area contributed by atoms with Crippen molar-refractivity contribution in [1.29, 1.82) is 0 Å². The van der Waals surface area contributed by atoms with Crippen LogP contribution in [0, 0.1) is 0 Å². The van der Waals surface area contributed by atoms with E-state index in [0.717, 1.165) is 25.8 Å². The Morgan fingerprint density at radius 1 is 1.33 bits per heavy atom. The maximum absolute atomic E-state index is 12.4. The van der Waals surface area contributed by atoms with E-state index in [1.165, 1.54) is 19.2 Å². The summed E-state index contributed by atoms with van der Waals surface area (Å²) in [5.74, 6) is -0.138. The van der Waals surface area contributed by atoms with E-state index in [1.54, 1.807) is 12.1 Å². The number of anilines is 1. The average molecular weight is 311 g/mol. The largest absolute Gasteiger partial charge is 0.324 e. The van der Waals surface area contributed by atoms with Crippen LogP contribution in [0.25, 0.3) is 0 Å². The molecular formula is C14H21N3O3S. The predicted molar refractivity (Wildman–Crippen MR) is 81.6 cm³/mol. The monoisotopic (exact) mass is 311 g/mol. The Balaban J connectivity index is 2.16. The summed E-state index contributed by atoms with van der Waals surface area (Å²) in [6, 6.07) is 6.23. The van der Waals surface area contributed by atoms with Gasteiger partial charge in [0.15, 0.2) is 0 Å². The molecule has 0 aromatic heterocycles. The molecule has 6 nitrogen and oxygen atoms in total. The second-order valence-corrected chi connectivity index (χ2v) is 7.29. The van der Waals surface area contributed by atoms with Crippen LogP contribution in [0.15, 0.2) is 29.2 Å². The predicted octanol–water partition coefficient (Wildman–Crippen LogP) is 1.07. The lowest BCUT2D eigenvalue weighted by Crippen LogP contribution is -2.54. The quantitative estimate of drug-likeness (QED) is 0.776. The van der Waals surface area contributed by atoms with Crippen molar-refractivity contribution >= 4 is 21.6 Å². The lowest BCUT2D eigenvalue weighted by Gasteiger charge is -2.33. The van der Waals surface area contributed by atoms with E-state index in [2.05, 4.69) is 15.4 Å². The summed E-state index contributed by atoms with van der Waals surface area (Å²) in [6.45, 7) is 2.69. The highest BCUT2D eigenvalue weighted by atomic mass is 32.2. The molecule has 1 fully saturated rings. The molecule has 0 saturated carbocycles. The third kappa shape index (κ3) is 3.61. The molecule has 7 heteroatoms. The van der Waals surface area contributed by atoms with Crippen molar-refractivity contribution in [2.75, 3.05) is 18.9 Å². The summed E-state index contributed by atoms with van der Waals surface area (Å²) in [7, 11) is -2.16. The number of hydrogen-bond donors (Lipinski definition) is 3. The number of carbonyl (C=O) groups is 1. The maximum atomic E-state index is 12.4. The Labute approximate surface area is 125 Å². The molecule has 1 aromatic rings. The van der Waals surface area contributed by atoms with E-state index in [1.807, 2.05) is 6.92 Å². The van der Waals surface area contributed by atoms with Gasteiger partial charge in [0.1, 0.15) is 0 Å². The highest BCUT2D eigenvalue weighted by molar-refractivity contribution is 7.89. The van der Waals surface area contributed by atoms with Crippen LogP contribution in [0.1, 0.15) is 26.2 Å². The van der Waals surface area contributed by atoms with Crippen LogP contribution in [0.3, 0.4) is 0 Å². The standard InChI is InChI=1S/C14H21N3O3S/c1-14(8-3-4-9-16-14)13(18)17-11-6-5-7-12(10-11)21(19,20)15-2/h5-7,10,15-16H,3-4,8-9H2,1-2H3,(H,17,18). The minimum Gasteiger partial charge on any atom is -0.324 e. The number of hydrogen-bond acceptors (Lipinski definition) is 4. The van der Waals surface area contributed by atoms with Gasteiger partial charge in [-0.1, -0.05) is 6.07 Å². The van der Waals surface area contributed by atoms with Crippen LogP contribution >= 0.6 is 0 Å². The van der Waals surface area contributed by atoms with Gasteiger partial charge in [-0.05, 0) is 58.0 Å². The highest BCUT2D eigenvalue weighted by Gasteiger charge is 2.34. The number of nitrogens with one attached hydrogen (secondary N) is 3. The summed E-state index contributed by atoms with van der Waals surface area (Å²) in [5.41, 5.74) is -0.124. The first-order valence-corrected chi connectivity index (χ1v) is 8.46. The van der Waals surface area contributed by atoms with Crippen molar-refractivity contribution in [3.63, 3.8) is 0 Å². The van der Waals surface area contributed by atoms with Gasteiger partial charge >= 0.3 is 0 Å². The molecule has 21 heavy (non-hydrogen) atoms. The van der Waals surface area contributed by atoms with Gasteiger partial charge in [-0.15, -0.1) is 0 Å². The molecule has 1 aromatic carbocycles. The molecule has 0 spiro atoms. The fraction of sp³-hybridized carbons (Fsp3) is 0.500. The fourth-order valence-corrected chi connectivity index (χ4v) is 3.15. The molecule has 0 radical (unpaired) electrons. The van der Waals surface area contributed by atoms with E-state index in [4.69, 9.17) is 0 Å². The molecule has 1 heterocycles. The number of amides is 1. The topological polar surface area (TPSA) is 87.3 Å². The SMILES string of the molecule is CNS(=O)(=O)c1cccc(NC(=O)C2(C)CCCCN2)c1. The molecule has 1 aliphatic heterocycles. The van der Waals surface area contributed by atoms with Crippen LogP contribution in [0.5, 0.6) is 0 Å². The van der Waals surface area contributed by atoms with Crippen molar-refractivity contribution in [1.82, 2.24) is 10.0 Å². The van der Waals surface area contributed by atoms with E-state index in [-0.39, 0.29) is 10.8 Å². The van der Waals surface area contributed by atoms with Crippen molar-refractivity contribution in [2.45, 2.75) is 36.6 Å². The Hall–Kier alpha value is -1.44. The summed E-state index contributed by atoms with van der Waals surface area (Å²) in [4.78, 5) is 12.5. The minimum absolute atomic E-state index is 0.129. The number of carbonyl (C=O) groups excluding carboxylic acids is 1. The first-order chi connectivity index (χ1) is 9.87. The third-order valence-electron chi connectivity index (χ3n) is 3.79. The van der Waals surface area contributed by atoms with E-state index < -0.39 is 15.6 Å². The van der Waals surface area contributed by atoms with Gasteiger partial charge in [-0.2, -0.15) is 0 Å². The van der Waals surface area contributed by atoms with Crippen molar-refractivity contribution in [2.24, 2.45) is 0 Å². The molecule has 1 atom stereocenters. The van der Waals surface area contributed by atoms with Crippen molar-refractivity contribution < 1.29 is 13.2 Å². The average Bonchev–Trinajstić information content (AvgIpc) is 2.48. The second kappa shape index (κ2) is 6.13. The molecule has 1 amide bonds. The Bertz CT molecular complexity index is 622. The zero-order chi connectivity index (χ0) is 15.5. The van der Waals surface area contributed by atoms with Crippen LogP contribution < -0.4 is 15.4 Å². The molecule has 1 saturated heterocycles. The van der Waals surface area contributed by atoms with Gasteiger partial charge in [0.2, 0.25) is 15.9 Å². The van der Waals surface area contributed by atoms with Gasteiger partial charge in [0.25, 0.3) is 0 Å². The molecule has 1 unspecified atom stereocenters. The number of piperidine rings is 1. The van der Waals surface area contributed by atoms with Gasteiger partial charge in [0.05, 0.1) is 10.4 Å². The second-order valence-electron chi connectivity index (χ2n) is 5.41. The first kappa shape index (κ1) is 15.9. The summed E-state index contributed by atoms with van der Waals surface area (Å²) >= 11 is 0. The molecule has 1 aliphatic rings. The molecule has 0 aliphatic carbocycles. The van der Waals surface area contributed by atoms with Crippen molar-refractivity contribution in [3.05, 3.63) is 24.3 Å². The Morgan fingerprint density at radius 2 is 2.10 bits per heavy atom. The fourth-order valence-electron chi connectivity index (χ4n) is 2.38. The highest BCUT2D eigenvalue weighted by Crippen LogP contribution is 2.22. The number of sulfonamides is 1. The van der Waals surface area contributed by atoms with Gasteiger partial charge in [0, 0.05) is 5.69 Å². The van der Waals surface area contributed by atoms with E-state index in [0.29, 0.717) is 5.69 Å². The van der Waals surface area contributed by atoms with Crippen LogP contribution in [-0.4, -0.2) is 33.5 Å². The van der Waals surface area contributed by atoms with Gasteiger partial charge in [-0.25, -0.2) is 13.1 Å². The lowest BCUT2D eigenvalue weighted by molar-refractivity contribution is -0.122. The Morgan fingerprint density at radius 3 is 2.71 bits per heavy atom. The third-order valence-corrected chi connectivity index (χ3v) is 5.20. The van der Waals surface area contributed by atoms with Crippen molar-refractivity contribution in [3.8, 4) is 0 Å². The maximum Gasteiger partial charge on any atom is 0.244 e. The van der Waals surface area contributed by atoms with Crippen LogP contribution in [-0.2, 0) is 14.8 Å². The summed E-state index contributed by atoms with van der Waals surface area (Å²) in [6.07, 6.45) is 2.84. The number of benzene rings is 1. The smallest absolute Gasteiger partial charge is 0.244 e.